The standard InChI is InChI=1S/C8H13NO3S/c1-13-3-2-9-5-6(8(11)12)4-7(9)10/h6H,2-5H2,1H3,(H,11,12). The van der Waals surface area contributed by atoms with Crippen molar-refractivity contribution < 1.29 is 14.7 Å². The summed E-state index contributed by atoms with van der Waals surface area (Å²) >= 11 is 1.66. The number of aliphatic carboxylic acids is 1. The van der Waals surface area contributed by atoms with E-state index in [0.29, 0.717) is 13.1 Å². The zero-order valence-corrected chi connectivity index (χ0v) is 8.34. The van der Waals surface area contributed by atoms with Crippen molar-refractivity contribution in [2.75, 3.05) is 25.1 Å². The predicted octanol–water partition coefficient (Wildman–Crippen LogP) is 0.282. The molecule has 0 aromatic carbocycles. The third-order valence-corrected chi connectivity index (χ3v) is 2.72. The molecule has 1 rings (SSSR count). The Morgan fingerprint density at radius 1 is 1.77 bits per heavy atom. The molecular weight excluding hydrogens is 190 g/mol. The van der Waals surface area contributed by atoms with E-state index in [9.17, 15) is 9.59 Å². The van der Waals surface area contributed by atoms with E-state index in [1.165, 1.54) is 0 Å². The molecule has 0 saturated carbocycles. The lowest BCUT2D eigenvalue weighted by Crippen LogP contribution is -2.28. The van der Waals surface area contributed by atoms with E-state index in [2.05, 4.69) is 0 Å². The van der Waals surface area contributed by atoms with Gasteiger partial charge in [0.05, 0.1) is 5.92 Å². The number of hydrogen-bond acceptors (Lipinski definition) is 3. The Labute approximate surface area is 81.3 Å². The van der Waals surface area contributed by atoms with Gasteiger partial charge in [0.2, 0.25) is 5.91 Å². The van der Waals surface area contributed by atoms with Crippen LogP contribution < -0.4 is 0 Å². The number of amides is 1. The summed E-state index contributed by atoms with van der Waals surface area (Å²) in [4.78, 5) is 23.5. The molecule has 1 aliphatic heterocycles. The van der Waals surface area contributed by atoms with E-state index < -0.39 is 11.9 Å². The zero-order valence-electron chi connectivity index (χ0n) is 7.52. The minimum Gasteiger partial charge on any atom is -0.481 e. The molecule has 0 aromatic heterocycles. The first-order chi connectivity index (χ1) is 6.15. The number of nitrogens with zero attached hydrogens (tertiary/aromatic N) is 1. The van der Waals surface area contributed by atoms with Crippen LogP contribution in [0.15, 0.2) is 0 Å². The van der Waals surface area contributed by atoms with Gasteiger partial charge in [-0.1, -0.05) is 0 Å². The maximum atomic E-state index is 11.2. The molecule has 5 heteroatoms. The summed E-state index contributed by atoms with van der Waals surface area (Å²) in [6, 6.07) is 0. The molecule has 13 heavy (non-hydrogen) atoms. The van der Waals surface area contributed by atoms with Crippen molar-refractivity contribution in [1.82, 2.24) is 4.90 Å². The van der Waals surface area contributed by atoms with Gasteiger partial charge < -0.3 is 10.0 Å². The number of carboxylic acid groups (broad SMARTS) is 1. The van der Waals surface area contributed by atoms with Crippen LogP contribution in [0.3, 0.4) is 0 Å². The second-order valence-corrected chi connectivity index (χ2v) is 4.06. The third kappa shape index (κ3) is 2.62. The molecule has 1 saturated heterocycles. The Kier molecular flexibility index (Phi) is 3.59. The molecule has 0 radical (unpaired) electrons. The van der Waals surface area contributed by atoms with Crippen molar-refractivity contribution in [3.05, 3.63) is 0 Å². The van der Waals surface area contributed by atoms with Crippen molar-refractivity contribution in [3.8, 4) is 0 Å². The third-order valence-electron chi connectivity index (χ3n) is 2.13. The summed E-state index contributed by atoms with van der Waals surface area (Å²) in [7, 11) is 0. The molecule has 0 aliphatic carbocycles. The van der Waals surface area contributed by atoms with Gasteiger partial charge in [-0.15, -0.1) is 0 Å². The van der Waals surface area contributed by atoms with Crippen LogP contribution in [0, 0.1) is 5.92 Å². The van der Waals surface area contributed by atoms with E-state index in [-0.39, 0.29) is 12.3 Å². The molecule has 1 fully saturated rings. The second-order valence-electron chi connectivity index (χ2n) is 3.07. The highest BCUT2D eigenvalue weighted by atomic mass is 32.2. The minimum atomic E-state index is -0.861. The van der Waals surface area contributed by atoms with E-state index in [0.717, 1.165) is 5.75 Å². The summed E-state index contributed by atoms with van der Waals surface area (Å²) < 4.78 is 0. The van der Waals surface area contributed by atoms with Gasteiger partial charge >= 0.3 is 5.97 Å². The molecule has 0 spiro atoms. The van der Waals surface area contributed by atoms with Crippen molar-refractivity contribution in [2.45, 2.75) is 6.42 Å². The van der Waals surface area contributed by atoms with Crippen LogP contribution in [0.25, 0.3) is 0 Å². The van der Waals surface area contributed by atoms with Crippen LogP contribution in [0.2, 0.25) is 0 Å². The molecule has 1 N–H and O–H groups in total. The number of hydrogen-bond donors (Lipinski definition) is 1. The average molecular weight is 203 g/mol. The molecule has 74 valence electrons. The Bertz CT molecular complexity index is 219. The van der Waals surface area contributed by atoms with E-state index in [1.54, 1.807) is 16.7 Å². The van der Waals surface area contributed by atoms with Gasteiger partial charge in [-0.25, -0.2) is 0 Å². The lowest BCUT2D eigenvalue weighted by atomic mass is 10.1. The molecule has 1 atom stereocenters. The van der Waals surface area contributed by atoms with Crippen LogP contribution in [0.1, 0.15) is 6.42 Å². The van der Waals surface area contributed by atoms with Crippen LogP contribution in [0.4, 0.5) is 0 Å². The fraction of sp³-hybridized carbons (Fsp3) is 0.750. The summed E-state index contributed by atoms with van der Waals surface area (Å²) in [6.07, 6.45) is 2.14. The molecule has 0 bridgehead atoms. The van der Waals surface area contributed by atoms with Gasteiger partial charge in [-0.3, -0.25) is 9.59 Å². The van der Waals surface area contributed by atoms with Crippen LogP contribution >= 0.6 is 11.8 Å². The minimum absolute atomic E-state index is 0.0264. The Balaban J connectivity index is 2.42. The number of carboxylic acids is 1. The highest BCUT2D eigenvalue weighted by Gasteiger charge is 2.33. The van der Waals surface area contributed by atoms with Crippen LogP contribution in [0.5, 0.6) is 0 Å². The number of carbonyl (C=O) groups excluding carboxylic acids is 1. The van der Waals surface area contributed by atoms with E-state index in [1.807, 2.05) is 6.26 Å². The largest absolute Gasteiger partial charge is 0.481 e. The monoisotopic (exact) mass is 203 g/mol. The topological polar surface area (TPSA) is 57.6 Å². The van der Waals surface area contributed by atoms with Gasteiger partial charge in [0.1, 0.15) is 0 Å². The molecular formula is C8H13NO3S. The van der Waals surface area contributed by atoms with Gasteiger partial charge in [0, 0.05) is 25.3 Å². The first kappa shape index (κ1) is 10.4. The summed E-state index contributed by atoms with van der Waals surface area (Å²) in [5.74, 6) is -0.506. The number of likely N-dealkylation sites (tertiary alicyclic amines) is 1. The summed E-state index contributed by atoms with van der Waals surface area (Å²) in [5.41, 5.74) is 0. The lowest BCUT2D eigenvalue weighted by Gasteiger charge is -2.14. The fourth-order valence-corrected chi connectivity index (χ4v) is 1.76. The average Bonchev–Trinajstić information content (AvgIpc) is 2.44. The Morgan fingerprint density at radius 2 is 2.46 bits per heavy atom. The van der Waals surface area contributed by atoms with Crippen molar-refractivity contribution in [3.63, 3.8) is 0 Å². The van der Waals surface area contributed by atoms with Crippen LogP contribution in [-0.4, -0.2) is 47.0 Å². The maximum Gasteiger partial charge on any atom is 0.308 e. The lowest BCUT2D eigenvalue weighted by molar-refractivity contribution is -0.141. The van der Waals surface area contributed by atoms with Crippen molar-refractivity contribution in [2.24, 2.45) is 5.92 Å². The van der Waals surface area contributed by atoms with Gasteiger partial charge in [-0.2, -0.15) is 11.8 Å². The molecule has 4 nitrogen and oxygen atoms in total. The summed E-state index contributed by atoms with van der Waals surface area (Å²) in [5, 5.41) is 8.69. The highest BCUT2D eigenvalue weighted by molar-refractivity contribution is 7.98. The highest BCUT2D eigenvalue weighted by Crippen LogP contribution is 2.17. The first-order valence-corrected chi connectivity index (χ1v) is 5.54. The molecule has 1 heterocycles. The second kappa shape index (κ2) is 4.50. The molecule has 1 aliphatic rings. The maximum absolute atomic E-state index is 11.2. The van der Waals surface area contributed by atoms with E-state index in [4.69, 9.17) is 5.11 Å². The molecule has 0 aromatic rings. The number of rotatable bonds is 4. The predicted molar refractivity (Wildman–Crippen MR) is 50.7 cm³/mol. The summed E-state index contributed by atoms with van der Waals surface area (Å²) in [6.45, 7) is 1.05. The molecule has 1 unspecified atom stereocenters. The van der Waals surface area contributed by atoms with Gasteiger partial charge in [0.15, 0.2) is 0 Å². The quantitative estimate of drug-likeness (QED) is 0.713. The zero-order chi connectivity index (χ0) is 9.84. The van der Waals surface area contributed by atoms with Crippen molar-refractivity contribution in [1.29, 1.82) is 0 Å². The van der Waals surface area contributed by atoms with Gasteiger partial charge in [0.25, 0.3) is 0 Å². The van der Waals surface area contributed by atoms with Crippen molar-refractivity contribution >= 4 is 23.6 Å². The van der Waals surface area contributed by atoms with E-state index >= 15 is 0 Å². The number of carbonyl (C=O) groups is 2. The normalized spacial score (nSPS) is 22.4. The fourth-order valence-electron chi connectivity index (χ4n) is 1.36. The Hall–Kier alpha value is -0.710. The smallest absolute Gasteiger partial charge is 0.308 e. The first-order valence-electron chi connectivity index (χ1n) is 4.14. The SMILES string of the molecule is CSCCN1CC(C(=O)O)CC1=O. The Morgan fingerprint density at radius 3 is 2.92 bits per heavy atom. The number of thioether (sulfide) groups is 1. The van der Waals surface area contributed by atoms with Crippen LogP contribution in [-0.2, 0) is 9.59 Å². The molecule has 1 amide bonds. The van der Waals surface area contributed by atoms with Gasteiger partial charge in [-0.05, 0) is 6.26 Å².